The predicted molar refractivity (Wildman–Crippen MR) is 113 cm³/mol. The molecular weight excluding hydrogens is 376 g/mol. The van der Waals surface area contributed by atoms with E-state index >= 15 is 0 Å². The number of unbranched alkanes of at least 4 members (excludes halogenated alkanes) is 3. The first-order valence-electron chi connectivity index (χ1n) is 9.71. The average Bonchev–Trinajstić information content (AvgIpc) is 2.68. The Bertz CT molecular complexity index is 663. The number of carbonyl (C=O) groups is 1. The summed E-state index contributed by atoms with van der Waals surface area (Å²) in [6, 6.07) is 7.36. The molecule has 7 heteroatoms. The van der Waals surface area contributed by atoms with Gasteiger partial charge in [0.1, 0.15) is 18.3 Å². The van der Waals surface area contributed by atoms with Gasteiger partial charge in [-0.05, 0) is 36.3 Å². The molecule has 0 saturated carbocycles. The quantitative estimate of drug-likeness (QED) is 0.331. The highest BCUT2D eigenvalue weighted by molar-refractivity contribution is 7.80. The third kappa shape index (κ3) is 6.49. The number of ether oxygens (including phenoxy) is 3. The van der Waals surface area contributed by atoms with Gasteiger partial charge in [-0.2, -0.15) is 0 Å². The van der Waals surface area contributed by atoms with Crippen LogP contribution < -0.4 is 15.4 Å². The molecule has 0 unspecified atom stereocenters. The topological polar surface area (TPSA) is 68.8 Å². The molecule has 0 amide bonds. The zero-order valence-electron chi connectivity index (χ0n) is 16.7. The molecule has 1 saturated heterocycles. The average molecular weight is 407 g/mol. The number of rotatable bonds is 11. The SMILES string of the molecule is C=C1NC(=S)N[C@@H](c2ccc(OCCCCCC)cc2)[C@H]1C(=O)OCCOC. The number of hydrogen-bond donors (Lipinski definition) is 2. The molecule has 1 aromatic rings. The highest BCUT2D eigenvalue weighted by Crippen LogP contribution is 2.31. The molecule has 28 heavy (non-hydrogen) atoms. The molecule has 1 aliphatic rings. The van der Waals surface area contributed by atoms with Crippen molar-refractivity contribution >= 4 is 23.3 Å². The van der Waals surface area contributed by atoms with E-state index in [9.17, 15) is 4.79 Å². The van der Waals surface area contributed by atoms with Crippen molar-refractivity contribution in [2.24, 2.45) is 5.92 Å². The van der Waals surface area contributed by atoms with Crippen LogP contribution >= 0.6 is 12.2 Å². The van der Waals surface area contributed by atoms with E-state index in [-0.39, 0.29) is 18.6 Å². The van der Waals surface area contributed by atoms with Crippen LogP contribution in [0.25, 0.3) is 0 Å². The summed E-state index contributed by atoms with van der Waals surface area (Å²) in [7, 11) is 1.56. The maximum atomic E-state index is 12.6. The van der Waals surface area contributed by atoms with Crippen molar-refractivity contribution in [2.45, 2.75) is 38.6 Å². The molecule has 6 nitrogen and oxygen atoms in total. The minimum atomic E-state index is -0.593. The van der Waals surface area contributed by atoms with Gasteiger partial charge in [-0.15, -0.1) is 0 Å². The zero-order valence-corrected chi connectivity index (χ0v) is 17.5. The van der Waals surface area contributed by atoms with E-state index in [2.05, 4.69) is 24.1 Å². The van der Waals surface area contributed by atoms with Crippen LogP contribution in [-0.2, 0) is 14.3 Å². The lowest BCUT2D eigenvalue weighted by Crippen LogP contribution is -2.51. The number of benzene rings is 1. The van der Waals surface area contributed by atoms with Crippen molar-refractivity contribution < 1.29 is 19.0 Å². The Morgan fingerprint density at radius 3 is 2.57 bits per heavy atom. The molecule has 0 bridgehead atoms. The second-order valence-electron chi connectivity index (χ2n) is 6.72. The molecule has 0 aliphatic carbocycles. The van der Waals surface area contributed by atoms with Crippen molar-refractivity contribution in [1.82, 2.24) is 10.6 Å². The Balaban J connectivity index is 2.03. The monoisotopic (exact) mass is 406 g/mol. The van der Waals surface area contributed by atoms with Crippen LogP contribution in [0.3, 0.4) is 0 Å². The van der Waals surface area contributed by atoms with E-state index in [1.807, 2.05) is 24.3 Å². The molecule has 2 atom stereocenters. The van der Waals surface area contributed by atoms with Gasteiger partial charge >= 0.3 is 5.97 Å². The predicted octanol–water partition coefficient (Wildman–Crippen LogP) is 3.48. The summed E-state index contributed by atoms with van der Waals surface area (Å²) < 4.78 is 16.0. The molecule has 1 aliphatic heterocycles. The van der Waals surface area contributed by atoms with Crippen LogP contribution in [0.2, 0.25) is 0 Å². The lowest BCUT2D eigenvalue weighted by Gasteiger charge is -2.34. The fourth-order valence-electron chi connectivity index (χ4n) is 3.05. The van der Waals surface area contributed by atoms with Gasteiger partial charge < -0.3 is 24.8 Å². The Kier molecular flexibility index (Phi) is 9.23. The van der Waals surface area contributed by atoms with Crippen molar-refractivity contribution in [2.75, 3.05) is 26.9 Å². The Labute approximate surface area is 172 Å². The molecule has 0 aromatic heterocycles. The Morgan fingerprint density at radius 2 is 1.89 bits per heavy atom. The van der Waals surface area contributed by atoms with Gasteiger partial charge in [0.25, 0.3) is 0 Å². The highest BCUT2D eigenvalue weighted by Gasteiger charge is 2.37. The molecule has 1 aromatic carbocycles. The number of thiocarbonyl (C=S) groups is 1. The number of hydrogen-bond acceptors (Lipinski definition) is 5. The van der Waals surface area contributed by atoms with Gasteiger partial charge in [-0.25, -0.2) is 0 Å². The molecule has 0 spiro atoms. The summed E-state index contributed by atoms with van der Waals surface area (Å²) in [6.45, 7) is 7.40. The summed E-state index contributed by atoms with van der Waals surface area (Å²) in [5.74, 6) is -0.148. The minimum Gasteiger partial charge on any atom is -0.494 e. The van der Waals surface area contributed by atoms with Crippen LogP contribution in [0.1, 0.15) is 44.2 Å². The largest absolute Gasteiger partial charge is 0.494 e. The third-order valence-corrected chi connectivity index (χ3v) is 4.78. The van der Waals surface area contributed by atoms with E-state index in [4.69, 9.17) is 26.4 Å². The highest BCUT2D eigenvalue weighted by atomic mass is 32.1. The number of esters is 1. The van der Waals surface area contributed by atoms with Gasteiger partial charge in [0, 0.05) is 12.8 Å². The first kappa shape index (κ1) is 22.2. The second-order valence-corrected chi connectivity index (χ2v) is 7.13. The fraction of sp³-hybridized carbons (Fsp3) is 0.524. The summed E-state index contributed by atoms with van der Waals surface area (Å²) in [5.41, 5.74) is 1.43. The summed E-state index contributed by atoms with van der Waals surface area (Å²) >= 11 is 5.24. The second kappa shape index (κ2) is 11.7. The molecule has 154 valence electrons. The van der Waals surface area contributed by atoms with Crippen LogP contribution in [-0.4, -0.2) is 38.0 Å². The lowest BCUT2D eigenvalue weighted by atomic mass is 9.89. The first-order valence-corrected chi connectivity index (χ1v) is 10.1. The fourth-order valence-corrected chi connectivity index (χ4v) is 3.30. The minimum absolute atomic E-state index is 0.196. The third-order valence-electron chi connectivity index (χ3n) is 4.56. The maximum Gasteiger partial charge on any atom is 0.317 e. The number of nitrogens with one attached hydrogen (secondary N) is 2. The van der Waals surface area contributed by atoms with Crippen molar-refractivity contribution in [3.63, 3.8) is 0 Å². The van der Waals surface area contributed by atoms with Crippen molar-refractivity contribution in [3.8, 4) is 5.75 Å². The van der Waals surface area contributed by atoms with Crippen LogP contribution in [0, 0.1) is 5.92 Å². The first-order chi connectivity index (χ1) is 13.6. The van der Waals surface area contributed by atoms with E-state index in [0.717, 1.165) is 17.7 Å². The lowest BCUT2D eigenvalue weighted by molar-refractivity contribution is -0.149. The van der Waals surface area contributed by atoms with Gasteiger partial charge in [-0.3, -0.25) is 4.79 Å². The smallest absolute Gasteiger partial charge is 0.317 e. The number of methoxy groups -OCH3 is 1. The van der Waals surface area contributed by atoms with Gasteiger partial charge in [0.05, 0.1) is 19.3 Å². The van der Waals surface area contributed by atoms with E-state index in [0.29, 0.717) is 24.0 Å². The maximum absolute atomic E-state index is 12.6. The van der Waals surface area contributed by atoms with Crippen molar-refractivity contribution in [1.29, 1.82) is 0 Å². The zero-order chi connectivity index (χ0) is 20.4. The molecule has 2 rings (SSSR count). The summed E-state index contributed by atoms with van der Waals surface area (Å²) in [4.78, 5) is 12.6. The summed E-state index contributed by atoms with van der Waals surface area (Å²) in [5, 5.41) is 6.52. The molecule has 1 fully saturated rings. The molecule has 2 N–H and O–H groups in total. The normalized spacial score (nSPS) is 18.9. The van der Waals surface area contributed by atoms with E-state index in [1.54, 1.807) is 7.11 Å². The van der Waals surface area contributed by atoms with Crippen LogP contribution in [0.5, 0.6) is 5.75 Å². The van der Waals surface area contributed by atoms with Crippen molar-refractivity contribution in [3.05, 3.63) is 42.1 Å². The molecule has 0 radical (unpaired) electrons. The van der Waals surface area contributed by atoms with Crippen LogP contribution in [0.15, 0.2) is 36.5 Å². The van der Waals surface area contributed by atoms with Gasteiger partial charge in [0.15, 0.2) is 5.11 Å². The van der Waals surface area contributed by atoms with Crippen LogP contribution in [0.4, 0.5) is 0 Å². The molecule has 1 heterocycles. The Morgan fingerprint density at radius 1 is 1.14 bits per heavy atom. The van der Waals surface area contributed by atoms with E-state index < -0.39 is 5.92 Å². The summed E-state index contributed by atoms with van der Waals surface area (Å²) in [6.07, 6.45) is 4.67. The van der Waals surface area contributed by atoms with E-state index in [1.165, 1.54) is 19.3 Å². The molecular formula is C21H30N2O4S. The van der Waals surface area contributed by atoms with Gasteiger partial charge in [-0.1, -0.05) is 44.9 Å². The number of carbonyl (C=O) groups excluding carboxylic acids is 1. The standard InChI is InChI=1S/C21H30N2O4S/c1-4-5-6-7-12-26-17-10-8-16(9-11-17)19-18(15(2)22-21(28)23-19)20(24)27-14-13-25-3/h8-11,18-19H,2,4-7,12-14H2,1,3H3,(H2,22,23,28)/t18-,19-/m0/s1. The van der Waals surface area contributed by atoms with Gasteiger partial charge in [0.2, 0.25) is 0 Å². The Hall–Kier alpha value is -2.12.